The average Bonchev–Trinajstić information content (AvgIpc) is 3.49. The molecule has 0 amide bonds. The van der Waals surface area contributed by atoms with Gasteiger partial charge in [-0.05, 0) is 29.0 Å². The molecule has 0 radical (unpaired) electrons. The van der Waals surface area contributed by atoms with Gasteiger partial charge in [0.15, 0.2) is 11.6 Å². The molecule has 0 fully saturated rings. The topological polar surface area (TPSA) is 78.0 Å². The van der Waals surface area contributed by atoms with Gasteiger partial charge < -0.3 is 0 Å². The largest absolute Gasteiger partial charge is 0.277 e. The molecule has 0 atom stereocenters. The zero-order valence-electron chi connectivity index (χ0n) is 23.3. The van der Waals surface area contributed by atoms with Gasteiger partial charge in [-0.15, -0.1) is 0 Å². The highest BCUT2D eigenvalue weighted by molar-refractivity contribution is 6.22. The molecular weight excluding hydrogens is 544 g/mol. The van der Waals surface area contributed by atoms with E-state index in [9.17, 15) is 4.79 Å². The highest BCUT2D eigenvalue weighted by atomic mass is 16.1. The van der Waals surface area contributed by atoms with Gasteiger partial charge in [-0.1, -0.05) is 115 Å². The zero-order chi connectivity index (χ0) is 29.2. The quantitative estimate of drug-likeness (QED) is 0.206. The van der Waals surface area contributed by atoms with E-state index in [2.05, 4.69) is 16.5 Å². The predicted molar refractivity (Wildman–Crippen MR) is 175 cm³/mol. The molecule has 7 nitrogen and oxygen atoms in total. The molecule has 4 aromatic heterocycles. The van der Waals surface area contributed by atoms with Gasteiger partial charge in [0, 0.05) is 27.3 Å². The summed E-state index contributed by atoms with van der Waals surface area (Å²) in [5.41, 5.74) is 4.58. The minimum absolute atomic E-state index is 0.216. The second-order valence-corrected chi connectivity index (χ2v) is 10.7. The molecule has 5 aromatic carbocycles. The SMILES string of the molecule is O=c1c2ccccc2c2c3ccccc3c3nc4ccccc4n3c2n1-c1nc(-c2ccccc2)nc(-c2ccccc2)n1. The maximum absolute atomic E-state index is 14.7. The third-order valence-electron chi connectivity index (χ3n) is 8.16. The Kier molecular flexibility index (Phi) is 5.21. The van der Waals surface area contributed by atoms with Crippen molar-refractivity contribution in [1.29, 1.82) is 0 Å². The number of benzene rings is 5. The molecule has 0 spiro atoms. The van der Waals surface area contributed by atoms with Crippen LogP contribution in [0.3, 0.4) is 0 Å². The van der Waals surface area contributed by atoms with Gasteiger partial charge >= 0.3 is 0 Å². The van der Waals surface area contributed by atoms with Crippen LogP contribution in [0.4, 0.5) is 0 Å². The summed E-state index contributed by atoms with van der Waals surface area (Å²) in [5, 5.41) is 4.36. The molecule has 9 aromatic rings. The van der Waals surface area contributed by atoms with E-state index < -0.39 is 0 Å². The molecule has 0 aliphatic carbocycles. The molecule has 0 N–H and O–H groups in total. The summed E-state index contributed by atoms with van der Waals surface area (Å²) in [7, 11) is 0. The molecule has 0 aliphatic heterocycles. The summed E-state index contributed by atoms with van der Waals surface area (Å²) in [6.07, 6.45) is 0. The van der Waals surface area contributed by atoms with Crippen LogP contribution in [0.25, 0.3) is 78.0 Å². The van der Waals surface area contributed by atoms with Crippen molar-refractivity contribution in [3.8, 4) is 28.7 Å². The molecule has 9 rings (SSSR count). The summed E-state index contributed by atoms with van der Waals surface area (Å²) in [6.45, 7) is 0. The Morgan fingerprint density at radius 1 is 0.477 bits per heavy atom. The van der Waals surface area contributed by atoms with Crippen LogP contribution in [0.15, 0.2) is 138 Å². The van der Waals surface area contributed by atoms with Crippen molar-refractivity contribution in [3.63, 3.8) is 0 Å². The fourth-order valence-corrected chi connectivity index (χ4v) is 6.21. The standard InChI is InChI=1S/C37H22N6O/c44-36-28-20-10-8-18-26(28)31-25-17-7-9-19-27(25)34-38-29-21-11-12-22-30(29)42(34)35(31)43(36)37-40-32(23-13-3-1-4-14-23)39-33(41-37)24-15-5-2-6-16-24/h1-22H. The van der Waals surface area contributed by atoms with Crippen LogP contribution in [0.1, 0.15) is 0 Å². The maximum atomic E-state index is 14.7. The third kappa shape index (κ3) is 3.53. The molecule has 4 heterocycles. The molecular formula is C37H22N6O. The number of imidazole rings is 1. The van der Waals surface area contributed by atoms with Gasteiger partial charge in [-0.25, -0.2) is 14.5 Å². The van der Waals surface area contributed by atoms with E-state index in [1.54, 1.807) is 4.57 Å². The number of fused-ring (bicyclic) bond motifs is 10. The van der Waals surface area contributed by atoms with E-state index in [1.165, 1.54) is 0 Å². The van der Waals surface area contributed by atoms with Crippen molar-refractivity contribution in [2.45, 2.75) is 0 Å². The first-order valence-corrected chi connectivity index (χ1v) is 14.4. The first-order chi connectivity index (χ1) is 21.8. The lowest BCUT2D eigenvalue weighted by atomic mass is 10.0. The Labute approximate surface area is 250 Å². The number of hydrogen-bond donors (Lipinski definition) is 0. The number of pyridine rings is 2. The number of para-hydroxylation sites is 2. The third-order valence-corrected chi connectivity index (χ3v) is 8.16. The summed E-state index contributed by atoms with van der Waals surface area (Å²) < 4.78 is 3.72. The van der Waals surface area contributed by atoms with Crippen molar-refractivity contribution < 1.29 is 0 Å². The Morgan fingerprint density at radius 3 is 1.66 bits per heavy atom. The number of nitrogens with zero attached hydrogens (tertiary/aromatic N) is 6. The normalized spacial score (nSPS) is 11.7. The Balaban J connectivity index is 1.55. The summed E-state index contributed by atoms with van der Waals surface area (Å²) >= 11 is 0. The van der Waals surface area contributed by atoms with Crippen LogP contribution in [-0.2, 0) is 0 Å². The number of hydrogen-bond acceptors (Lipinski definition) is 5. The monoisotopic (exact) mass is 566 g/mol. The van der Waals surface area contributed by atoms with Crippen LogP contribution in [0.5, 0.6) is 0 Å². The molecule has 44 heavy (non-hydrogen) atoms. The highest BCUT2D eigenvalue weighted by Crippen LogP contribution is 2.36. The van der Waals surface area contributed by atoms with Gasteiger partial charge in [-0.2, -0.15) is 9.97 Å². The molecule has 0 saturated carbocycles. The maximum Gasteiger partial charge on any atom is 0.267 e. The van der Waals surface area contributed by atoms with Crippen LogP contribution >= 0.6 is 0 Å². The summed E-state index contributed by atoms with van der Waals surface area (Å²) in [4.78, 5) is 34.6. The highest BCUT2D eigenvalue weighted by Gasteiger charge is 2.23. The van der Waals surface area contributed by atoms with Crippen LogP contribution in [-0.4, -0.2) is 28.9 Å². The van der Waals surface area contributed by atoms with Crippen LogP contribution in [0, 0.1) is 0 Å². The molecule has 206 valence electrons. The number of aromatic nitrogens is 6. The minimum atomic E-state index is -0.216. The van der Waals surface area contributed by atoms with Gasteiger partial charge in [0.05, 0.1) is 11.0 Å². The van der Waals surface area contributed by atoms with Crippen molar-refractivity contribution in [3.05, 3.63) is 144 Å². The van der Waals surface area contributed by atoms with Crippen LogP contribution < -0.4 is 5.56 Å². The molecule has 0 aliphatic rings. The molecule has 0 saturated heterocycles. The lowest BCUT2D eigenvalue weighted by Crippen LogP contribution is -2.24. The lowest BCUT2D eigenvalue weighted by molar-refractivity contribution is 0.892. The van der Waals surface area contributed by atoms with Crippen LogP contribution in [0.2, 0.25) is 0 Å². The van der Waals surface area contributed by atoms with Gasteiger partial charge in [-0.3, -0.25) is 9.20 Å². The zero-order valence-corrected chi connectivity index (χ0v) is 23.3. The second-order valence-electron chi connectivity index (χ2n) is 10.7. The summed E-state index contributed by atoms with van der Waals surface area (Å²) in [6, 6.07) is 43.5. The predicted octanol–water partition coefficient (Wildman–Crippen LogP) is 7.62. The minimum Gasteiger partial charge on any atom is -0.277 e. The fourth-order valence-electron chi connectivity index (χ4n) is 6.21. The van der Waals surface area contributed by atoms with Gasteiger partial charge in [0.1, 0.15) is 11.3 Å². The Morgan fingerprint density at radius 2 is 1.00 bits per heavy atom. The molecule has 7 heteroatoms. The van der Waals surface area contributed by atoms with E-state index in [0.717, 1.165) is 49.4 Å². The average molecular weight is 567 g/mol. The van der Waals surface area contributed by atoms with Crippen molar-refractivity contribution in [2.24, 2.45) is 0 Å². The Hall–Kier alpha value is -6.21. The lowest BCUT2D eigenvalue weighted by Gasteiger charge is -2.17. The van der Waals surface area contributed by atoms with E-state index in [0.29, 0.717) is 22.7 Å². The molecule has 0 unspecified atom stereocenters. The van der Waals surface area contributed by atoms with Gasteiger partial charge in [0.25, 0.3) is 5.56 Å². The smallest absolute Gasteiger partial charge is 0.267 e. The molecule has 0 bridgehead atoms. The van der Waals surface area contributed by atoms with E-state index >= 15 is 0 Å². The van der Waals surface area contributed by atoms with Crippen molar-refractivity contribution in [1.82, 2.24) is 28.9 Å². The first-order valence-electron chi connectivity index (χ1n) is 14.4. The Bertz CT molecular complexity index is 2570. The number of rotatable bonds is 3. The van der Waals surface area contributed by atoms with Crippen molar-refractivity contribution >= 4 is 49.3 Å². The second kappa shape index (κ2) is 9.40. The van der Waals surface area contributed by atoms with Gasteiger partial charge in [0.2, 0.25) is 5.95 Å². The summed E-state index contributed by atoms with van der Waals surface area (Å²) in [5.74, 6) is 1.21. The van der Waals surface area contributed by atoms with E-state index in [4.69, 9.17) is 19.9 Å². The van der Waals surface area contributed by atoms with E-state index in [-0.39, 0.29) is 11.5 Å². The van der Waals surface area contributed by atoms with Crippen molar-refractivity contribution in [2.75, 3.05) is 0 Å². The van der Waals surface area contributed by atoms with E-state index in [1.807, 2.05) is 121 Å². The first kappa shape index (κ1) is 24.4. The fraction of sp³-hybridized carbons (Fsp3) is 0.